The van der Waals surface area contributed by atoms with Crippen molar-refractivity contribution in [3.05, 3.63) is 108 Å². The third kappa shape index (κ3) is 2.88. The molecule has 1 fully saturated rings. The van der Waals surface area contributed by atoms with Crippen LogP contribution in [0.25, 0.3) is 0 Å². The maximum atomic E-state index is 11.9. The second kappa shape index (κ2) is 6.47. The SMILES string of the molecule is C[C@@H]1[C@@H](C(O)(c2ccccc2)c2ccccc2)N1Cc1ccccc1. The highest BCUT2D eigenvalue weighted by Gasteiger charge is 2.57. The van der Waals surface area contributed by atoms with E-state index in [0.717, 1.165) is 17.7 Å². The molecule has 0 aromatic heterocycles. The Morgan fingerprint density at radius 2 is 1.20 bits per heavy atom. The maximum absolute atomic E-state index is 11.9. The Balaban J connectivity index is 1.70. The normalized spacial score (nSPS) is 22.6. The van der Waals surface area contributed by atoms with Crippen LogP contribution in [0.1, 0.15) is 23.6 Å². The van der Waals surface area contributed by atoms with Crippen molar-refractivity contribution in [2.24, 2.45) is 0 Å². The van der Waals surface area contributed by atoms with Crippen LogP contribution < -0.4 is 0 Å². The van der Waals surface area contributed by atoms with Gasteiger partial charge in [-0.25, -0.2) is 0 Å². The molecule has 1 N–H and O–H groups in total. The van der Waals surface area contributed by atoms with Gasteiger partial charge in [0.1, 0.15) is 5.60 Å². The summed E-state index contributed by atoms with van der Waals surface area (Å²) in [6.45, 7) is 3.05. The topological polar surface area (TPSA) is 23.2 Å². The molecule has 0 spiro atoms. The first-order valence-corrected chi connectivity index (χ1v) is 8.84. The average molecular weight is 329 g/mol. The van der Waals surface area contributed by atoms with Crippen molar-refractivity contribution in [3.8, 4) is 0 Å². The molecule has 3 aromatic carbocycles. The number of hydrogen-bond acceptors (Lipinski definition) is 2. The molecular formula is C23H23NO. The quantitative estimate of drug-likeness (QED) is 0.709. The predicted octanol–water partition coefficient (Wildman–Crippen LogP) is 4.20. The van der Waals surface area contributed by atoms with E-state index in [1.165, 1.54) is 5.56 Å². The van der Waals surface area contributed by atoms with Gasteiger partial charge in [0.05, 0.1) is 6.04 Å². The van der Waals surface area contributed by atoms with Crippen molar-refractivity contribution in [3.63, 3.8) is 0 Å². The Kier molecular flexibility index (Phi) is 4.16. The van der Waals surface area contributed by atoms with Gasteiger partial charge in [-0.2, -0.15) is 0 Å². The molecule has 1 saturated heterocycles. The molecule has 0 bridgehead atoms. The minimum atomic E-state index is -1.00. The first-order chi connectivity index (χ1) is 12.2. The van der Waals surface area contributed by atoms with E-state index < -0.39 is 5.60 Å². The van der Waals surface area contributed by atoms with E-state index in [4.69, 9.17) is 0 Å². The van der Waals surface area contributed by atoms with Gasteiger partial charge < -0.3 is 5.11 Å². The largest absolute Gasteiger partial charge is 0.379 e. The lowest BCUT2D eigenvalue weighted by atomic mass is 9.82. The average Bonchev–Trinajstić information content (AvgIpc) is 3.32. The molecule has 1 heterocycles. The van der Waals surface area contributed by atoms with Gasteiger partial charge in [-0.3, -0.25) is 4.90 Å². The molecule has 126 valence electrons. The fourth-order valence-electron chi connectivity index (χ4n) is 3.93. The molecule has 0 radical (unpaired) electrons. The summed E-state index contributed by atoms with van der Waals surface area (Å²) < 4.78 is 0. The number of hydrogen-bond donors (Lipinski definition) is 1. The van der Waals surface area contributed by atoms with Crippen LogP contribution in [0, 0.1) is 0 Å². The van der Waals surface area contributed by atoms with Crippen molar-refractivity contribution in [1.29, 1.82) is 0 Å². The van der Waals surface area contributed by atoms with E-state index in [1.807, 2.05) is 66.7 Å². The molecule has 4 rings (SSSR count). The van der Waals surface area contributed by atoms with E-state index in [0.29, 0.717) is 6.04 Å². The number of nitrogens with zero attached hydrogens (tertiary/aromatic N) is 1. The van der Waals surface area contributed by atoms with Crippen molar-refractivity contribution >= 4 is 0 Å². The van der Waals surface area contributed by atoms with Crippen LogP contribution in [0.4, 0.5) is 0 Å². The summed E-state index contributed by atoms with van der Waals surface area (Å²) in [5.41, 5.74) is 2.18. The Bertz CT molecular complexity index is 777. The summed E-state index contributed by atoms with van der Waals surface area (Å²) in [5, 5.41) is 11.9. The summed E-state index contributed by atoms with van der Waals surface area (Å²) in [6.07, 6.45) is 0. The van der Waals surface area contributed by atoms with Gasteiger partial charge in [0, 0.05) is 12.6 Å². The van der Waals surface area contributed by atoms with E-state index in [2.05, 4.69) is 36.1 Å². The molecule has 0 amide bonds. The second-order valence-electron chi connectivity index (χ2n) is 6.84. The van der Waals surface area contributed by atoms with Crippen LogP contribution in [0.3, 0.4) is 0 Å². The Hall–Kier alpha value is -2.42. The van der Waals surface area contributed by atoms with E-state index >= 15 is 0 Å². The van der Waals surface area contributed by atoms with Gasteiger partial charge in [0.25, 0.3) is 0 Å². The van der Waals surface area contributed by atoms with Crippen molar-refractivity contribution in [2.45, 2.75) is 31.2 Å². The third-order valence-electron chi connectivity index (χ3n) is 5.31. The maximum Gasteiger partial charge on any atom is 0.132 e. The molecular weight excluding hydrogens is 306 g/mol. The summed E-state index contributed by atoms with van der Waals surface area (Å²) in [7, 11) is 0. The summed E-state index contributed by atoms with van der Waals surface area (Å²) in [4.78, 5) is 2.37. The van der Waals surface area contributed by atoms with E-state index in [1.54, 1.807) is 0 Å². The lowest BCUT2D eigenvalue weighted by molar-refractivity contribution is 0.0631. The molecule has 3 atom stereocenters. The zero-order valence-electron chi connectivity index (χ0n) is 14.4. The molecule has 3 aromatic rings. The van der Waals surface area contributed by atoms with Crippen molar-refractivity contribution < 1.29 is 5.11 Å². The van der Waals surface area contributed by atoms with Gasteiger partial charge >= 0.3 is 0 Å². The van der Waals surface area contributed by atoms with Crippen LogP contribution in [-0.4, -0.2) is 22.1 Å². The van der Waals surface area contributed by atoms with Crippen LogP contribution in [0.2, 0.25) is 0 Å². The van der Waals surface area contributed by atoms with Crippen molar-refractivity contribution in [2.75, 3.05) is 0 Å². The van der Waals surface area contributed by atoms with E-state index in [9.17, 15) is 5.11 Å². The Labute approximate surface area is 149 Å². The molecule has 0 saturated carbocycles. The van der Waals surface area contributed by atoms with Gasteiger partial charge in [-0.1, -0.05) is 91.0 Å². The van der Waals surface area contributed by atoms with Crippen molar-refractivity contribution in [1.82, 2.24) is 4.90 Å². The highest BCUT2D eigenvalue weighted by molar-refractivity contribution is 5.41. The molecule has 1 aliphatic rings. The minimum absolute atomic E-state index is 0.0671. The fourth-order valence-corrected chi connectivity index (χ4v) is 3.93. The standard InChI is InChI=1S/C23H23NO/c1-18-22(24(18)17-19-11-5-2-6-12-19)23(25,20-13-7-3-8-14-20)21-15-9-4-10-16-21/h2-16,18,22,25H,17H2,1H3/t18-,22+,24?/m1/s1. The highest BCUT2D eigenvalue weighted by atomic mass is 16.3. The van der Waals surface area contributed by atoms with Crippen LogP contribution in [0.15, 0.2) is 91.0 Å². The highest BCUT2D eigenvalue weighted by Crippen LogP contribution is 2.47. The molecule has 1 aliphatic heterocycles. The van der Waals surface area contributed by atoms with Crippen LogP contribution in [0.5, 0.6) is 0 Å². The molecule has 2 nitrogen and oxygen atoms in total. The lowest BCUT2D eigenvalue weighted by Gasteiger charge is -2.30. The third-order valence-corrected chi connectivity index (χ3v) is 5.31. The minimum Gasteiger partial charge on any atom is -0.379 e. The molecule has 0 aliphatic carbocycles. The first-order valence-electron chi connectivity index (χ1n) is 8.84. The molecule has 2 heteroatoms. The zero-order chi connectivity index (χ0) is 17.3. The van der Waals surface area contributed by atoms with E-state index in [-0.39, 0.29) is 6.04 Å². The van der Waals surface area contributed by atoms with Gasteiger partial charge in [-0.05, 0) is 23.6 Å². The lowest BCUT2D eigenvalue weighted by Crippen LogP contribution is -2.36. The number of benzene rings is 3. The Morgan fingerprint density at radius 3 is 1.68 bits per heavy atom. The first kappa shape index (κ1) is 16.1. The smallest absolute Gasteiger partial charge is 0.132 e. The number of rotatable bonds is 5. The van der Waals surface area contributed by atoms with Gasteiger partial charge in [0.2, 0.25) is 0 Å². The zero-order valence-corrected chi connectivity index (χ0v) is 14.4. The summed E-state index contributed by atoms with van der Waals surface area (Å²) in [6, 6.07) is 30.9. The van der Waals surface area contributed by atoms with Crippen LogP contribution >= 0.6 is 0 Å². The Morgan fingerprint density at radius 1 is 0.760 bits per heavy atom. The second-order valence-corrected chi connectivity index (χ2v) is 6.84. The van der Waals surface area contributed by atoms with Crippen LogP contribution in [-0.2, 0) is 12.1 Å². The molecule has 1 unspecified atom stereocenters. The van der Waals surface area contributed by atoms with Gasteiger partial charge in [-0.15, -0.1) is 0 Å². The summed E-state index contributed by atoms with van der Waals surface area (Å²) in [5.74, 6) is 0. The fraction of sp³-hybridized carbons (Fsp3) is 0.217. The summed E-state index contributed by atoms with van der Waals surface area (Å²) >= 11 is 0. The van der Waals surface area contributed by atoms with Gasteiger partial charge in [0.15, 0.2) is 0 Å². The monoisotopic (exact) mass is 329 g/mol. The number of aliphatic hydroxyl groups is 1. The molecule has 25 heavy (non-hydrogen) atoms. The predicted molar refractivity (Wildman–Crippen MR) is 101 cm³/mol.